The van der Waals surface area contributed by atoms with Crippen LogP contribution in [0.5, 0.6) is 0 Å². The molecule has 0 aliphatic heterocycles. The van der Waals surface area contributed by atoms with Crippen LogP contribution in [0.2, 0.25) is 5.15 Å². The van der Waals surface area contributed by atoms with Gasteiger partial charge in [0, 0.05) is 4.88 Å². The van der Waals surface area contributed by atoms with Crippen LogP contribution in [0.15, 0.2) is 30.6 Å². The molecule has 0 unspecified atom stereocenters. The van der Waals surface area contributed by atoms with Gasteiger partial charge in [0.05, 0.1) is 10.2 Å². The van der Waals surface area contributed by atoms with E-state index in [9.17, 15) is 0 Å². The van der Waals surface area contributed by atoms with Crippen molar-refractivity contribution in [3.05, 3.63) is 46.9 Å². The SMILES string of the molecule is Clc1ncnc2cc(-c3ccc4c(c3)CCCC4)sc12. The number of aromatic nitrogens is 2. The van der Waals surface area contributed by atoms with E-state index in [1.165, 1.54) is 53.6 Å². The Bertz CT molecular complexity index is 794. The molecular weight excluding hydrogens is 288 g/mol. The molecule has 0 saturated carbocycles. The molecule has 0 atom stereocenters. The van der Waals surface area contributed by atoms with Gasteiger partial charge in [-0.15, -0.1) is 11.3 Å². The van der Waals surface area contributed by atoms with Crippen LogP contribution < -0.4 is 0 Å². The Morgan fingerprint density at radius 1 is 1.00 bits per heavy atom. The normalized spacial score (nSPS) is 14.4. The molecule has 3 aromatic rings. The van der Waals surface area contributed by atoms with E-state index in [1.54, 1.807) is 11.3 Å². The van der Waals surface area contributed by atoms with Gasteiger partial charge < -0.3 is 0 Å². The number of aryl methyl sites for hydroxylation is 2. The summed E-state index contributed by atoms with van der Waals surface area (Å²) in [5.74, 6) is 0. The molecule has 1 aliphatic carbocycles. The molecule has 0 radical (unpaired) electrons. The average molecular weight is 301 g/mol. The first-order valence-electron chi connectivity index (χ1n) is 6.83. The van der Waals surface area contributed by atoms with Gasteiger partial charge in [0.25, 0.3) is 0 Å². The first kappa shape index (κ1) is 12.3. The maximum absolute atomic E-state index is 6.13. The Balaban J connectivity index is 1.84. The van der Waals surface area contributed by atoms with E-state index in [2.05, 4.69) is 34.2 Å². The monoisotopic (exact) mass is 300 g/mol. The van der Waals surface area contributed by atoms with Crippen LogP contribution in [-0.4, -0.2) is 9.97 Å². The summed E-state index contributed by atoms with van der Waals surface area (Å²) < 4.78 is 0.974. The third-order valence-corrected chi connectivity index (χ3v) is 5.48. The molecule has 0 N–H and O–H groups in total. The van der Waals surface area contributed by atoms with Gasteiger partial charge in [-0.25, -0.2) is 9.97 Å². The van der Waals surface area contributed by atoms with Crippen molar-refractivity contribution in [2.24, 2.45) is 0 Å². The van der Waals surface area contributed by atoms with Crippen molar-refractivity contribution in [2.75, 3.05) is 0 Å². The molecule has 1 aliphatic rings. The Morgan fingerprint density at radius 2 is 1.85 bits per heavy atom. The molecule has 20 heavy (non-hydrogen) atoms. The standard InChI is InChI=1S/C16H13ClN2S/c17-16-15-13(18-9-19-16)8-14(20-15)12-6-5-10-3-1-2-4-11(10)7-12/h5-9H,1-4H2. The summed E-state index contributed by atoms with van der Waals surface area (Å²) in [5, 5.41) is 0.546. The van der Waals surface area contributed by atoms with E-state index in [1.807, 2.05) is 0 Å². The van der Waals surface area contributed by atoms with E-state index < -0.39 is 0 Å². The minimum absolute atomic E-state index is 0.546. The molecule has 0 bridgehead atoms. The zero-order valence-electron chi connectivity index (χ0n) is 10.9. The molecule has 0 fully saturated rings. The van der Waals surface area contributed by atoms with Gasteiger partial charge >= 0.3 is 0 Å². The highest BCUT2D eigenvalue weighted by Gasteiger charge is 2.13. The van der Waals surface area contributed by atoms with Gasteiger partial charge in [0.15, 0.2) is 0 Å². The van der Waals surface area contributed by atoms with Crippen LogP contribution in [0.3, 0.4) is 0 Å². The summed E-state index contributed by atoms with van der Waals surface area (Å²) in [6, 6.07) is 8.94. The zero-order chi connectivity index (χ0) is 13.5. The lowest BCUT2D eigenvalue weighted by atomic mass is 9.90. The maximum Gasteiger partial charge on any atom is 0.150 e. The van der Waals surface area contributed by atoms with Crippen LogP contribution in [0.1, 0.15) is 24.0 Å². The van der Waals surface area contributed by atoms with Gasteiger partial charge in [-0.1, -0.05) is 29.8 Å². The van der Waals surface area contributed by atoms with Crippen molar-refractivity contribution in [1.29, 1.82) is 0 Å². The van der Waals surface area contributed by atoms with E-state index in [0.29, 0.717) is 5.15 Å². The highest BCUT2D eigenvalue weighted by Crippen LogP contribution is 2.36. The van der Waals surface area contributed by atoms with E-state index >= 15 is 0 Å². The molecule has 2 aromatic heterocycles. The van der Waals surface area contributed by atoms with Crippen LogP contribution >= 0.6 is 22.9 Å². The molecule has 0 amide bonds. The number of thiophene rings is 1. The molecule has 0 spiro atoms. The van der Waals surface area contributed by atoms with Crippen molar-refractivity contribution >= 4 is 33.2 Å². The van der Waals surface area contributed by atoms with Crippen LogP contribution in [0.25, 0.3) is 20.7 Å². The summed E-state index contributed by atoms with van der Waals surface area (Å²) in [4.78, 5) is 9.56. The predicted molar refractivity (Wildman–Crippen MR) is 84.5 cm³/mol. The fraction of sp³-hybridized carbons (Fsp3) is 0.250. The van der Waals surface area contributed by atoms with Gasteiger partial charge in [-0.05, 0) is 48.4 Å². The van der Waals surface area contributed by atoms with Gasteiger partial charge in [0.1, 0.15) is 11.5 Å². The Labute approximate surface area is 126 Å². The minimum atomic E-state index is 0.546. The average Bonchev–Trinajstić information content (AvgIpc) is 2.92. The number of hydrogen-bond donors (Lipinski definition) is 0. The van der Waals surface area contributed by atoms with Gasteiger partial charge in [0.2, 0.25) is 0 Å². The smallest absolute Gasteiger partial charge is 0.150 e. The van der Waals surface area contributed by atoms with Crippen LogP contribution in [0, 0.1) is 0 Å². The highest BCUT2D eigenvalue weighted by atomic mass is 35.5. The molecule has 1 aromatic carbocycles. The Hall–Kier alpha value is -1.45. The molecule has 4 rings (SSSR count). The molecule has 100 valence electrons. The fourth-order valence-corrected chi connectivity index (χ4v) is 4.10. The Morgan fingerprint density at radius 3 is 2.70 bits per heavy atom. The lowest BCUT2D eigenvalue weighted by molar-refractivity contribution is 0.686. The van der Waals surface area contributed by atoms with Crippen molar-refractivity contribution in [1.82, 2.24) is 9.97 Å². The lowest BCUT2D eigenvalue weighted by Gasteiger charge is -2.16. The first-order chi connectivity index (χ1) is 9.81. The first-order valence-corrected chi connectivity index (χ1v) is 8.03. The van der Waals surface area contributed by atoms with Crippen molar-refractivity contribution in [2.45, 2.75) is 25.7 Å². The van der Waals surface area contributed by atoms with Gasteiger partial charge in [-0.3, -0.25) is 0 Å². The van der Waals surface area contributed by atoms with Crippen molar-refractivity contribution < 1.29 is 0 Å². The number of nitrogens with zero attached hydrogens (tertiary/aromatic N) is 2. The zero-order valence-corrected chi connectivity index (χ0v) is 12.5. The summed E-state index contributed by atoms with van der Waals surface area (Å²) in [6.45, 7) is 0. The number of fused-ring (bicyclic) bond motifs is 2. The molecule has 0 saturated heterocycles. The predicted octanol–water partition coefficient (Wildman–Crippen LogP) is 4.89. The summed E-state index contributed by atoms with van der Waals surface area (Å²) in [6.07, 6.45) is 6.57. The second kappa shape index (κ2) is 4.83. The lowest BCUT2D eigenvalue weighted by Crippen LogP contribution is -2.01. The van der Waals surface area contributed by atoms with Crippen molar-refractivity contribution in [3.63, 3.8) is 0 Å². The number of benzene rings is 1. The van der Waals surface area contributed by atoms with E-state index in [4.69, 9.17) is 11.6 Å². The molecule has 2 heterocycles. The number of rotatable bonds is 1. The second-order valence-electron chi connectivity index (χ2n) is 5.18. The number of halogens is 1. The quantitative estimate of drug-likeness (QED) is 0.598. The maximum atomic E-state index is 6.13. The minimum Gasteiger partial charge on any atom is -0.235 e. The summed E-state index contributed by atoms with van der Waals surface area (Å²) >= 11 is 7.80. The summed E-state index contributed by atoms with van der Waals surface area (Å²) in [7, 11) is 0. The van der Waals surface area contributed by atoms with Crippen molar-refractivity contribution in [3.8, 4) is 10.4 Å². The highest BCUT2D eigenvalue weighted by molar-refractivity contribution is 7.22. The summed E-state index contributed by atoms with van der Waals surface area (Å²) in [5.41, 5.74) is 5.22. The topological polar surface area (TPSA) is 25.8 Å². The molecule has 4 heteroatoms. The van der Waals surface area contributed by atoms with Crippen LogP contribution in [-0.2, 0) is 12.8 Å². The second-order valence-corrected chi connectivity index (χ2v) is 6.59. The van der Waals surface area contributed by atoms with Gasteiger partial charge in [-0.2, -0.15) is 0 Å². The fourth-order valence-electron chi connectivity index (χ4n) is 2.85. The third-order valence-electron chi connectivity index (χ3n) is 3.90. The molecular formula is C16H13ClN2S. The van der Waals surface area contributed by atoms with E-state index in [-0.39, 0.29) is 0 Å². The largest absolute Gasteiger partial charge is 0.235 e. The molecule has 2 nitrogen and oxygen atoms in total. The Kier molecular flexibility index (Phi) is 2.97. The van der Waals surface area contributed by atoms with Crippen LogP contribution in [0.4, 0.5) is 0 Å². The van der Waals surface area contributed by atoms with E-state index in [0.717, 1.165) is 10.2 Å². The number of hydrogen-bond acceptors (Lipinski definition) is 3. The third kappa shape index (κ3) is 2.02.